The number of fused-ring (bicyclic) bond motifs is 1. The molecule has 2 heteroatoms. The highest BCUT2D eigenvalue weighted by molar-refractivity contribution is 5.84. The zero-order chi connectivity index (χ0) is 9.54. The Kier molecular flexibility index (Phi) is 2.12. The lowest BCUT2D eigenvalue weighted by Crippen LogP contribution is -2.28. The Morgan fingerprint density at radius 2 is 1.57 bits per heavy atom. The van der Waals surface area contributed by atoms with Gasteiger partial charge in [-0.15, -0.1) is 0 Å². The number of hydrogen-bond donors (Lipinski definition) is 0. The number of carbonyl (C=O) groups is 1. The predicted octanol–water partition coefficient (Wildman–Crippen LogP) is 2.03. The third kappa shape index (κ3) is 1.50. The van der Waals surface area contributed by atoms with Crippen LogP contribution in [0.25, 0.3) is 0 Å². The summed E-state index contributed by atoms with van der Waals surface area (Å²) in [5.41, 5.74) is 0. The average molecular weight is 194 g/mol. The molecule has 1 aliphatic heterocycles. The molecule has 1 heterocycles. The SMILES string of the molecule is O=C(C1CCOCC1)C1CC2CC2C1. The van der Waals surface area contributed by atoms with Gasteiger partial charge in [0.25, 0.3) is 0 Å². The van der Waals surface area contributed by atoms with E-state index in [1.165, 1.54) is 19.3 Å². The fourth-order valence-electron chi connectivity index (χ4n) is 3.26. The van der Waals surface area contributed by atoms with E-state index in [2.05, 4.69) is 0 Å². The second-order valence-corrected chi connectivity index (χ2v) is 5.21. The van der Waals surface area contributed by atoms with Gasteiger partial charge in [-0.25, -0.2) is 0 Å². The van der Waals surface area contributed by atoms with Gasteiger partial charge in [-0.2, -0.15) is 0 Å². The van der Waals surface area contributed by atoms with Crippen molar-refractivity contribution < 1.29 is 9.53 Å². The molecular weight excluding hydrogens is 176 g/mol. The minimum Gasteiger partial charge on any atom is -0.381 e. The molecule has 0 aromatic heterocycles. The molecule has 3 aliphatic rings. The van der Waals surface area contributed by atoms with Crippen LogP contribution in [-0.2, 0) is 9.53 Å². The maximum Gasteiger partial charge on any atom is 0.139 e. The number of carbonyl (C=O) groups excluding carboxylic acids is 1. The molecule has 0 bridgehead atoms. The fraction of sp³-hybridized carbons (Fsp3) is 0.917. The van der Waals surface area contributed by atoms with Crippen LogP contribution in [0.15, 0.2) is 0 Å². The summed E-state index contributed by atoms with van der Waals surface area (Å²) in [5, 5.41) is 0. The molecule has 0 N–H and O–H groups in total. The largest absolute Gasteiger partial charge is 0.381 e. The minimum atomic E-state index is 0.339. The number of ether oxygens (including phenoxy) is 1. The van der Waals surface area contributed by atoms with Gasteiger partial charge >= 0.3 is 0 Å². The van der Waals surface area contributed by atoms with Gasteiger partial charge in [0.15, 0.2) is 0 Å². The van der Waals surface area contributed by atoms with Crippen molar-refractivity contribution >= 4 is 5.78 Å². The molecular formula is C12H18O2. The van der Waals surface area contributed by atoms with Crippen LogP contribution < -0.4 is 0 Å². The monoisotopic (exact) mass is 194 g/mol. The standard InChI is InChI=1S/C12H18O2/c13-12(8-1-3-14-4-2-8)11-6-9-5-10(9)7-11/h8-11H,1-7H2. The zero-order valence-electron chi connectivity index (χ0n) is 8.58. The summed E-state index contributed by atoms with van der Waals surface area (Å²) in [6, 6.07) is 0. The van der Waals surface area contributed by atoms with Crippen molar-refractivity contribution in [1.29, 1.82) is 0 Å². The number of hydrogen-bond acceptors (Lipinski definition) is 2. The third-order valence-corrected chi connectivity index (χ3v) is 4.27. The Morgan fingerprint density at radius 1 is 0.929 bits per heavy atom. The summed E-state index contributed by atoms with van der Waals surface area (Å²) in [4.78, 5) is 12.1. The lowest BCUT2D eigenvalue weighted by molar-refractivity contribution is -0.129. The van der Waals surface area contributed by atoms with E-state index < -0.39 is 0 Å². The summed E-state index contributed by atoms with van der Waals surface area (Å²) >= 11 is 0. The van der Waals surface area contributed by atoms with E-state index in [1.54, 1.807) is 0 Å². The smallest absolute Gasteiger partial charge is 0.139 e. The van der Waals surface area contributed by atoms with Crippen LogP contribution in [0.2, 0.25) is 0 Å². The lowest BCUT2D eigenvalue weighted by Gasteiger charge is -2.24. The molecule has 3 rings (SSSR count). The van der Waals surface area contributed by atoms with E-state index >= 15 is 0 Å². The van der Waals surface area contributed by atoms with Gasteiger partial charge in [0.1, 0.15) is 5.78 Å². The van der Waals surface area contributed by atoms with Gasteiger partial charge in [0.05, 0.1) is 0 Å². The number of rotatable bonds is 2. The molecule has 14 heavy (non-hydrogen) atoms. The van der Waals surface area contributed by atoms with Crippen molar-refractivity contribution in [3.63, 3.8) is 0 Å². The van der Waals surface area contributed by atoms with E-state index in [0.717, 1.165) is 37.9 Å². The van der Waals surface area contributed by atoms with Gasteiger partial charge in [-0.1, -0.05) is 0 Å². The van der Waals surface area contributed by atoms with Crippen molar-refractivity contribution in [3.05, 3.63) is 0 Å². The van der Waals surface area contributed by atoms with E-state index in [4.69, 9.17) is 4.74 Å². The number of Topliss-reactive ketones (excluding diaryl/α,β-unsaturated/α-hetero) is 1. The molecule has 2 unspecified atom stereocenters. The molecule has 0 spiro atoms. The first-order valence-electron chi connectivity index (χ1n) is 5.96. The van der Waals surface area contributed by atoms with Crippen molar-refractivity contribution in [2.24, 2.45) is 23.7 Å². The Bertz CT molecular complexity index is 229. The Morgan fingerprint density at radius 3 is 2.21 bits per heavy atom. The second-order valence-electron chi connectivity index (χ2n) is 5.21. The maximum atomic E-state index is 12.1. The van der Waals surface area contributed by atoms with E-state index in [0.29, 0.717) is 17.6 Å². The van der Waals surface area contributed by atoms with Gasteiger partial charge in [-0.05, 0) is 43.9 Å². The van der Waals surface area contributed by atoms with E-state index in [9.17, 15) is 4.79 Å². The van der Waals surface area contributed by atoms with Crippen LogP contribution in [0.3, 0.4) is 0 Å². The molecule has 0 aromatic rings. The summed E-state index contributed by atoms with van der Waals surface area (Å²) in [7, 11) is 0. The molecule has 0 radical (unpaired) electrons. The molecule has 0 amide bonds. The first-order chi connectivity index (χ1) is 6.84. The Hall–Kier alpha value is -0.370. The summed E-state index contributed by atoms with van der Waals surface area (Å²) in [6.07, 6.45) is 5.79. The minimum absolute atomic E-state index is 0.339. The van der Waals surface area contributed by atoms with Crippen molar-refractivity contribution in [2.75, 3.05) is 13.2 Å². The van der Waals surface area contributed by atoms with Crippen molar-refractivity contribution in [2.45, 2.75) is 32.1 Å². The van der Waals surface area contributed by atoms with Gasteiger partial charge in [-0.3, -0.25) is 4.79 Å². The lowest BCUT2D eigenvalue weighted by atomic mass is 9.85. The molecule has 1 saturated heterocycles. The van der Waals surface area contributed by atoms with E-state index in [1.807, 2.05) is 0 Å². The number of ketones is 1. The topological polar surface area (TPSA) is 26.3 Å². The molecule has 2 nitrogen and oxygen atoms in total. The first-order valence-corrected chi connectivity index (χ1v) is 5.96. The van der Waals surface area contributed by atoms with Crippen molar-refractivity contribution in [3.8, 4) is 0 Å². The molecule has 0 aromatic carbocycles. The molecule has 3 fully saturated rings. The highest BCUT2D eigenvalue weighted by atomic mass is 16.5. The summed E-state index contributed by atoms with van der Waals surface area (Å²) < 4.78 is 5.29. The fourth-order valence-corrected chi connectivity index (χ4v) is 3.26. The Labute approximate surface area is 85.0 Å². The van der Waals surface area contributed by atoms with Crippen molar-refractivity contribution in [1.82, 2.24) is 0 Å². The normalized spacial score (nSPS) is 42.1. The highest BCUT2D eigenvalue weighted by Crippen LogP contribution is 2.55. The molecule has 2 aliphatic carbocycles. The first kappa shape index (κ1) is 8.90. The van der Waals surface area contributed by atoms with Crippen LogP contribution in [0.1, 0.15) is 32.1 Å². The van der Waals surface area contributed by atoms with Crippen LogP contribution >= 0.6 is 0 Å². The average Bonchev–Trinajstić information content (AvgIpc) is 2.86. The summed E-state index contributed by atoms with van der Waals surface area (Å²) in [5.74, 6) is 3.21. The third-order valence-electron chi connectivity index (χ3n) is 4.27. The van der Waals surface area contributed by atoms with Gasteiger partial charge in [0.2, 0.25) is 0 Å². The maximum absolute atomic E-state index is 12.1. The second kappa shape index (κ2) is 3.34. The predicted molar refractivity (Wildman–Crippen MR) is 52.9 cm³/mol. The molecule has 78 valence electrons. The quantitative estimate of drug-likeness (QED) is 0.672. The Balaban J connectivity index is 1.58. The summed E-state index contributed by atoms with van der Waals surface area (Å²) in [6.45, 7) is 1.60. The highest BCUT2D eigenvalue weighted by Gasteiger charge is 2.48. The van der Waals surface area contributed by atoms with Crippen LogP contribution in [0.4, 0.5) is 0 Å². The van der Waals surface area contributed by atoms with Gasteiger partial charge in [0, 0.05) is 25.0 Å². The van der Waals surface area contributed by atoms with Crippen LogP contribution in [0, 0.1) is 23.7 Å². The van der Waals surface area contributed by atoms with Gasteiger partial charge < -0.3 is 4.74 Å². The molecule has 2 atom stereocenters. The van der Waals surface area contributed by atoms with Crippen LogP contribution in [-0.4, -0.2) is 19.0 Å². The van der Waals surface area contributed by atoms with E-state index in [-0.39, 0.29) is 0 Å². The zero-order valence-corrected chi connectivity index (χ0v) is 8.58. The molecule has 2 saturated carbocycles. The van der Waals surface area contributed by atoms with Crippen LogP contribution in [0.5, 0.6) is 0 Å².